The SMILES string of the molecule is Cc1cc(C)nc(NNC(=O)C2CCCN2S(=O)(=O)c2ccc(Br)s2)n1. The molecule has 2 aromatic rings. The highest BCUT2D eigenvalue weighted by molar-refractivity contribution is 9.11. The van der Waals surface area contributed by atoms with Gasteiger partial charge in [-0.3, -0.25) is 15.6 Å². The van der Waals surface area contributed by atoms with Crippen molar-refractivity contribution in [1.82, 2.24) is 19.7 Å². The van der Waals surface area contributed by atoms with Gasteiger partial charge in [-0.1, -0.05) is 0 Å². The van der Waals surface area contributed by atoms with E-state index in [0.29, 0.717) is 19.4 Å². The van der Waals surface area contributed by atoms with E-state index in [1.54, 1.807) is 12.1 Å². The van der Waals surface area contributed by atoms with Gasteiger partial charge in [0.25, 0.3) is 15.9 Å². The average molecular weight is 460 g/mol. The fourth-order valence-electron chi connectivity index (χ4n) is 2.82. The van der Waals surface area contributed by atoms with Gasteiger partial charge in [-0.25, -0.2) is 18.4 Å². The Morgan fingerprint density at radius 2 is 2.00 bits per heavy atom. The minimum Gasteiger partial charge on any atom is -0.271 e. The predicted molar refractivity (Wildman–Crippen MR) is 102 cm³/mol. The molecule has 2 aromatic heterocycles. The number of sulfonamides is 1. The highest BCUT2D eigenvalue weighted by Crippen LogP contribution is 2.32. The van der Waals surface area contributed by atoms with Crippen LogP contribution in [0.3, 0.4) is 0 Å². The highest BCUT2D eigenvalue weighted by Gasteiger charge is 2.40. The maximum Gasteiger partial charge on any atom is 0.256 e. The first-order valence-corrected chi connectivity index (χ1v) is 11.0. The van der Waals surface area contributed by atoms with Crippen LogP contribution < -0.4 is 10.9 Å². The van der Waals surface area contributed by atoms with Crippen LogP contribution in [0.25, 0.3) is 0 Å². The summed E-state index contributed by atoms with van der Waals surface area (Å²) in [5.74, 6) is -0.158. The second kappa shape index (κ2) is 7.59. The predicted octanol–water partition coefficient (Wildman–Crippen LogP) is 2.21. The van der Waals surface area contributed by atoms with E-state index < -0.39 is 22.0 Å². The van der Waals surface area contributed by atoms with Gasteiger partial charge in [0.2, 0.25) is 5.95 Å². The summed E-state index contributed by atoms with van der Waals surface area (Å²) in [7, 11) is -3.71. The van der Waals surface area contributed by atoms with Crippen molar-refractivity contribution in [3.63, 3.8) is 0 Å². The van der Waals surface area contributed by atoms with E-state index >= 15 is 0 Å². The number of carbonyl (C=O) groups is 1. The van der Waals surface area contributed by atoms with Crippen molar-refractivity contribution < 1.29 is 13.2 Å². The third-order valence-electron chi connectivity index (χ3n) is 3.90. The van der Waals surface area contributed by atoms with Crippen LogP contribution in [0.4, 0.5) is 5.95 Å². The molecule has 1 saturated heterocycles. The largest absolute Gasteiger partial charge is 0.271 e. The monoisotopic (exact) mass is 459 g/mol. The number of nitrogens with zero attached hydrogens (tertiary/aromatic N) is 3. The molecule has 1 atom stereocenters. The van der Waals surface area contributed by atoms with Gasteiger partial charge in [0, 0.05) is 17.9 Å². The molecule has 1 amide bonds. The molecule has 8 nitrogen and oxygen atoms in total. The molecule has 11 heteroatoms. The maximum atomic E-state index is 12.8. The lowest BCUT2D eigenvalue weighted by Gasteiger charge is -2.22. The molecule has 1 fully saturated rings. The van der Waals surface area contributed by atoms with Gasteiger partial charge in [-0.05, 0) is 60.8 Å². The van der Waals surface area contributed by atoms with Crippen molar-refractivity contribution >= 4 is 49.1 Å². The van der Waals surface area contributed by atoms with E-state index in [-0.39, 0.29) is 10.2 Å². The van der Waals surface area contributed by atoms with Gasteiger partial charge in [-0.2, -0.15) is 4.31 Å². The molecule has 0 aliphatic carbocycles. The lowest BCUT2D eigenvalue weighted by atomic mass is 10.2. The van der Waals surface area contributed by atoms with Crippen LogP contribution in [0, 0.1) is 13.8 Å². The molecule has 2 N–H and O–H groups in total. The van der Waals surface area contributed by atoms with Gasteiger partial charge >= 0.3 is 0 Å². The number of anilines is 1. The zero-order chi connectivity index (χ0) is 18.9. The first kappa shape index (κ1) is 19.2. The molecule has 0 saturated carbocycles. The van der Waals surface area contributed by atoms with Gasteiger partial charge in [0.15, 0.2) is 0 Å². The van der Waals surface area contributed by atoms with Crippen LogP contribution in [0.1, 0.15) is 24.2 Å². The van der Waals surface area contributed by atoms with Gasteiger partial charge in [0.1, 0.15) is 10.3 Å². The molecule has 0 aromatic carbocycles. The van der Waals surface area contributed by atoms with Crippen LogP contribution in [0.5, 0.6) is 0 Å². The zero-order valence-electron chi connectivity index (χ0n) is 14.2. The van der Waals surface area contributed by atoms with Gasteiger partial charge < -0.3 is 0 Å². The number of carbonyl (C=O) groups excluding carboxylic acids is 1. The molecular formula is C15H18BrN5O3S2. The zero-order valence-corrected chi connectivity index (χ0v) is 17.4. The number of thiophene rings is 1. The first-order valence-electron chi connectivity index (χ1n) is 7.93. The summed E-state index contributed by atoms with van der Waals surface area (Å²) in [4.78, 5) is 20.9. The summed E-state index contributed by atoms with van der Waals surface area (Å²) in [5.41, 5.74) is 6.73. The lowest BCUT2D eigenvalue weighted by molar-refractivity contribution is -0.123. The number of aromatic nitrogens is 2. The molecule has 1 aliphatic rings. The van der Waals surface area contributed by atoms with Gasteiger partial charge in [-0.15, -0.1) is 11.3 Å². The van der Waals surface area contributed by atoms with Gasteiger partial charge in [0.05, 0.1) is 3.79 Å². The van der Waals surface area contributed by atoms with Crippen molar-refractivity contribution in [2.45, 2.75) is 36.9 Å². The number of aryl methyl sites for hydroxylation is 2. The van der Waals surface area contributed by atoms with Crippen LogP contribution in [0.15, 0.2) is 26.2 Å². The van der Waals surface area contributed by atoms with E-state index in [1.165, 1.54) is 4.31 Å². The molecule has 1 unspecified atom stereocenters. The Morgan fingerprint density at radius 1 is 1.31 bits per heavy atom. The lowest BCUT2D eigenvalue weighted by Crippen LogP contribution is -2.47. The molecule has 3 heterocycles. The second-order valence-corrected chi connectivity index (χ2v) is 10.5. The molecule has 3 rings (SSSR count). The Kier molecular flexibility index (Phi) is 5.61. The normalized spacial score (nSPS) is 18.0. The third kappa shape index (κ3) is 4.05. The smallest absolute Gasteiger partial charge is 0.256 e. The third-order valence-corrected chi connectivity index (χ3v) is 7.90. The average Bonchev–Trinajstić information content (AvgIpc) is 3.21. The van der Waals surface area contributed by atoms with Crippen molar-refractivity contribution in [2.24, 2.45) is 0 Å². The van der Waals surface area contributed by atoms with E-state index in [9.17, 15) is 13.2 Å². The number of amides is 1. The Balaban J connectivity index is 1.72. The Morgan fingerprint density at radius 3 is 2.62 bits per heavy atom. The second-order valence-electron chi connectivity index (χ2n) is 5.92. The molecule has 0 radical (unpaired) electrons. The molecule has 0 bridgehead atoms. The summed E-state index contributed by atoms with van der Waals surface area (Å²) in [6.07, 6.45) is 1.09. The van der Waals surface area contributed by atoms with E-state index in [4.69, 9.17) is 0 Å². The Hall–Kier alpha value is -1.56. The van der Waals surface area contributed by atoms with E-state index in [1.807, 2.05) is 19.9 Å². The van der Waals surface area contributed by atoms with Crippen LogP contribution >= 0.6 is 27.3 Å². The molecule has 0 spiro atoms. The molecule has 26 heavy (non-hydrogen) atoms. The van der Waals surface area contributed by atoms with Crippen LogP contribution in [0.2, 0.25) is 0 Å². The summed E-state index contributed by atoms with van der Waals surface area (Å²) >= 11 is 4.40. The van der Waals surface area contributed by atoms with Crippen molar-refractivity contribution in [3.8, 4) is 0 Å². The standard InChI is InChI=1S/C15H18BrN5O3S2/c1-9-8-10(2)18-15(17-9)20-19-14(22)11-4-3-7-21(11)26(23,24)13-6-5-12(16)25-13/h5-6,8,11H,3-4,7H2,1-2H3,(H,19,22)(H,17,18,20). The summed E-state index contributed by atoms with van der Waals surface area (Å²) in [6, 6.07) is 4.28. The van der Waals surface area contributed by atoms with E-state index in [0.717, 1.165) is 26.5 Å². The summed E-state index contributed by atoms with van der Waals surface area (Å²) in [5, 5.41) is 0. The fraction of sp³-hybridized carbons (Fsp3) is 0.400. The number of hydrazine groups is 1. The fourth-order valence-corrected chi connectivity index (χ4v) is 6.62. The minimum atomic E-state index is -3.71. The minimum absolute atomic E-state index is 0.217. The number of nitrogens with one attached hydrogen (secondary N) is 2. The quantitative estimate of drug-likeness (QED) is 0.664. The van der Waals surface area contributed by atoms with E-state index in [2.05, 4.69) is 36.7 Å². The summed E-state index contributed by atoms with van der Waals surface area (Å²) in [6.45, 7) is 3.97. The molecular weight excluding hydrogens is 442 g/mol. The topological polar surface area (TPSA) is 104 Å². The molecule has 140 valence electrons. The van der Waals surface area contributed by atoms with Crippen molar-refractivity contribution in [3.05, 3.63) is 33.4 Å². The number of hydrogen-bond acceptors (Lipinski definition) is 7. The Bertz CT molecular complexity index is 911. The maximum absolute atomic E-state index is 12.8. The number of hydrogen-bond donors (Lipinski definition) is 2. The first-order chi connectivity index (χ1) is 12.3. The van der Waals surface area contributed by atoms with Crippen LogP contribution in [-0.2, 0) is 14.8 Å². The Labute approximate surface area is 164 Å². The molecule has 1 aliphatic heterocycles. The van der Waals surface area contributed by atoms with Crippen molar-refractivity contribution in [1.29, 1.82) is 0 Å². The highest BCUT2D eigenvalue weighted by atomic mass is 79.9. The summed E-state index contributed by atoms with van der Waals surface area (Å²) < 4.78 is 27.8. The van der Waals surface area contributed by atoms with Crippen molar-refractivity contribution in [2.75, 3.05) is 12.0 Å². The number of rotatable bonds is 5. The number of halogens is 1. The van der Waals surface area contributed by atoms with Crippen LogP contribution in [-0.4, -0.2) is 41.2 Å².